The molecule has 128 valence electrons. The lowest BCUT2D eigenvalue weighted by molar-refractivity contribution is -0.128. The molecule has 25 heavy (non-hydrogen) atoms. The number of carbonyl (C=O) groups excluding carboxylic acids is 1. The van der Waals surface area contributed by atoms with E-state index in [1.165, 1.54) is 0 Å². The smallest absolute Gasteiger partial charge is 0.269 e. The van der Waals surface area contributed by atoms with Crippen molar-refractivity contribution in [3.05, 3.63) is 77.9 Å². The van der Waals surface area contributed by atoms with Gasteiger partial charge in [0.15, 0.2) is 5.75 Å². The molecule has 5 heteroatoms. The number of rotatable bonds is 6. The lowest BCUT2D eigenvalue weighted by atomic mass is 10.0. The van der Waals surface area contributed by atoms with Gasteiger partial charge in [0.2, 0.25) is 0 Å². The number of amides is 1. The fourth-order valence-corrected chi connectivity index (χ4v) is 2.59. The van der Waals surface area contributed by atoms with Gasteiger partial charge in [-0.15, -0.1) is 0 Å². The third-order valence-corrected chi connectivity index (χ3v) is 4.03. The molecule has 0 aromatic heterocycles. The maximum atomic E-state index is 12.1. The topological polar surface area (TPSA) is 90.4 Å². The Labute approximate surface area is 146 Å². The highest BCUT2D eigenvalue weighted by atomic mass is 16.7. The van der Waals surface area contributed by atoms with E-state index in [9.17, 15) is 4.79 Å². The zero-order chi connectivity index (χ0) is 17.6. The minimum atomic E-state index is -0.690. The fourth-order valence-electron chi connectivity index (χ4n) is 2.59. The first-order valence-electron chi connectivity index (χ1n) is 8.14. The Hall–Kier alpha value is -2.89. The van der Waals surface area contributed by atoms with Crippen LogP contribution in [0.1, 0.15) is 11.1 Å². The summed E-state index contributed by atoms with van der Waals surface area (Å²) < 4.78 is 0. The molecule has 0 bridgehead atoms. The lowest BCUT2D eigenvalue weighted by Gasteiger charge is -2.13. The van der Waals surface area contributed by atoms with E-state index in [1.807, 2.05) is 42.5 Å². The lowest BCUT2D eigenvalue weighted by Crippen LogP contribution is -2.43. The molecule has 0 spiro atoms. The largest absolute Gasteiger partial charge is 0.379 e. The first-order chi connectivity index (χ1) is 12.2. The molecule has 1 atom stereocenters. The second-order valence-electron chi connectivity index (χ2n) is 5.91. The molecule has 0 heterocycles. The van der Waals surface area contributed by atoms with Crippen LogP contribution in [0, 0.1) is 0 Å². The second-order valence-corrected chi connectivity index (χ2v) is 5.91. The number of fused-ring (bicyclic) bond motifs is 1. The average molecular weight is 335 g/mol. The van der Waals surface area contributed by atoms with E-state index in [0.29, 0.717) is 18.7 Å². The molecule has 5 N–H and O–H groups in total. The molecule has 3 aromatic carbocycles. The number of benzene rings is 3. The molecule has 0 unspecified atom stereocenters. The van der Waals surface area contributed by atoms with Gasteiger partial charge in [0.1, 0.15) is 0 Å². The SMILES string of the molecule is NCc1ccc(ONC(=O)[C@H](N)Cc2ccc3ccccc3c2)cc1. The highest BCUT2D eigenvalue weighted by Gasteiger charge is 2.15. The molecule has 0 saturated heterocycles. The van der Waals surface area contributed by atoms with Crippen LogP contribution in [-0.2, 0) is 17.8 Å². The van der Waals surface area contributed by atoms with Crippen LogP contribution in [0.2, 0.25) is 0 Å². The molecule has 0 aliphatic heterocycles. The van der Waals surface area contributed by atoms with Crippen molar-refractivity contribution in [2.45, 2.75) is 19.0 Å². The molecule has 0 radical (unpaired) electrons. The Morgan fingerprint density at radius 1 is 0.960 bits per heavy atom. The predicted octanol–water partition coefficient (Wildman–Crippen LogP) is 2.28. The molecule has 3 rings (SSSR count). The molecule has 0 aliphatic carbocycles. The summed E-state index contributed by atoms with van der Waals surface area (Å²) in [5.74, 6) is 0.166. The van der Waals surface area contributed by atoms with E-state index in [1.54, 1.807) is 12.1 Å². The third-order valence-electron chi connectivity index (χ3n) is 4.03. The summed E-state index contributed by atoms with van der Waals surface area (Å²) in [5.41, 5.74) is 15.9. The van der Waals surface area contributed by atoms with E-state index < -0.39 is 6.04 Å². The van der Waals surface area contributed by atoms with E-state index in [2.05, 4.69) is 17.6 Å². The predicted molar refractivity (Wildman–Crippen MR) is 98.7 cm³/mol. The van der Waals surface area contributed by atoms with Crippen molar-refractivity contribution in [2.24, 2.45) is 11.5 Å². The Morgan fingerprint density at radius 3 is 2.36 bits per heavy atom. The third kappa shape index (κ3) is 4.35. The van der Waals surface area contributed by atoms with Crippen LogP contribution >= 0.6 is 0 Å². The van der Waals surface area contributed by atoms with Gasteiger partial charge < -0.3 is 16.3 Å². The molecule has 0 fully saturated rings. The maximum Gasteiger partial charge on any atom is 0.269 e. The Bertz CT molecular complexity index is 862. The van der Waals surface area contributed by atoms with Gasteiger partial charge in [0.05, 0.1) is 6.04 Å². The van der Waals surface area contributed by atoms with Gasteiger partial charge in [0, 0.05) is 6.54 Å². The minimum Gasteiger partial charge on any atom is -0.379 e. The molecular weight excluding hydrogens is 314 g/mol. The summed E-state index contributed by atoms with van der Waals surface area (Å²) in [5, 5.41) is 2.29. The number of hydrogen-bond donors (Lipinski definition) is 3. The van der Waals surface area contributed by atoms with Crippen LogP contribution in [0.5, 0.6) is 5.75 Å². The molecule has 1 amide bonds. The molecular formula is C20H21N3O2. The van der Waals surface area contributed by atoms with Gasteiger partial charge in [-0.3, -0.25) is 4.79 Å². The molecule has 5 nitrogen and oxygen atoms in total. The Kier molecular flexibility index (Phi) is 5.28. The van der Waals surface area contributed by atoms with Gasteiger partial charge in [-0.1, -0.05) is 54.6 Å². The standard InChI is InChI=1S/C20H21N3O2/c21-13-14-6-9-18(10-7-14)25-23-20(24)19(22)12-15-5-8-16-3-1-2-4-17(16)11-15/h1-11,19H,12-13,21-22H2,(H,23,24)/t19-/m1/s1. The molecule has 0 saturated carbocycles. The van der Waals surface area contributed by atoms with Crippen LogP contribution in [0.25, 0.3) is 10.8 Å². The summed E-state index contributed by atoms with van der Waals surface area (Å²) in [6, 6.07) is 20.6. The molecule has 3 aromatic rings. The zero-order valence-electron chi connectivity index (χ0n) is 13.8. The van der Waals surface area contributed by atoms with E-state index in [4.69, 9.17) is 16.3 Å². The first kappa shape index (κ1) is 17.0. The number of hydrogen-bond acceptors (Lipinski definition) is 4. The van der Waals surface area contributed by atoms with Crippen molar-refractivity contribution >= 4 is 16.7 Å². The maximum absolute atomic E-state index is 12.1. The van der Waals surface area contributed by atoms with E-state index in [0.717, 1.165) is 21.9 Å². The summed E-state index contributed by atoms with van der Waals surface area (Å²) in [6.45, 7) is 0.462. The van der Waals surface area contributed by atoms with Crippen molar-refractivity contribution < 1.29 is 9.63 Å². The normalized spacial score (nSPS) is 11.9. The fraction of sp³-hybridized carbons (Fsp3) is 0.150. The van der Waals surface area contributed by atoms with Gasteiger partial charge >= 0.3 is 0 Å². The van der Waals surface area contributed by atoms with Crippen molar-refractivity contribution in [1.29, 1.82) is 0 Å². The van der Waals surface area contributed by atoms with E-state index in [-0.39, 0.29) is 5.91 Å². The van der Waals surface area contributed by atoms with Crippen LogP contribution in [-0.4, -0.2) is 11.9 Å². The zero-order valence-corrected chi connectivity index (χ0v) is 13.8. The highest BCUT2D eigenvalue weighted by molar-refractivity contribution is 5.84. The summed E-state index contributed by atoms with van der Waals surface area (Å²) in [6.07, 6.45) is 0.437. The van der Waals surface area contributed by atoms with Crippen LogP contribution in [0.3, 0.4) is 0 Å². The van der Waals surface area contributed by atoms with Crippen LogP contribution in [0.4, 0.5) is 0 Å². The van der Waals surface area contributed by atoms with Gasteiger partial charge in [-0.05, 0) is 40.5 Å². The van der Waals surface area contributed by atoms with Crippen LogP contribution in [0.15, 0.2) is 66.7 Å². The van der Waals surface area contributed by atoms with Crippen molar-refractivity contribution in [3.63, 3.8) is 0 Å². The number of carbonyl (C=O) groups is 1. The second kappa shape index (κ2) is 7.79. The van der Waals surface area contributed by atoms with Gasteiger partial charge in [0.25, 0.3) is 5.91 Å². The highest BCUT2D eigenvalue weighted by Crippen LogP contribution is 2.16. The van der Waals surface area contributed by atoms with Gasteiger partial charge in [-0.25, -0.2) is 0 Å². The summed E-state index contributed by atoms with van der Waals surface area (Å²) in [4.78, 5) is 17.4. The monoisotopic (exact) mass is 335 g/mol. The number of nitrogens with two attached hydrogens (primary N) is 2. The van der Waals surface area contributed by atoms with Crippen molar-refractivity contribution in [1.82, 2.24) is 5.48 Å². The summed E-state index contributed by atoms with van der Waals surface area (Å²) in [7, 11) is 0. The van der Waals surface area contributed by atoms with E-state index >= 15 is 0 Å². The first-order valence-corrected chi connectivity index (χ1v) is 8.14. The number of hydroxylamine groups is 1. The van der Waals surface area contributed by atoms with Crippen LogP contribution < -0.4 is 21.8 Å². The van der Waals surface area contributed by atoms with Crippen molar-refractivity contribution in [3.8, 4) is 5.75 Å². The number of nitrogens with one attached hydrogen (secondary N) is 1. The Morgan fingerprint density at radius 2 is 1.64 bits per heavy atom. The van der Waals surface area contributed by atoms with Crippen molar-refractivity contribution in [2.75, 3.05) is 0 Å². The molecule has 0 aliphatic rings. The minimum absolute atomic E-state index is 0.365. The summed E-state index contributed by atoms with van der Waals surface area (Å²) >= 11 is 0. The quantitative estimate of drug-likeness (QED) is 0.603. The Balaban J connectivity index is 1.57. The average Bonchev–Trinajstić information content (AvgIpc) is 2.66. The van der Waals surface area contributed by atoms with Gasteiger partial charge in [-0.2, -0.15) is 5.48 Å².